The minimum atomic E-state index is -1.02. The van der Waals surface area contributed by atoms with Crippen LogP contribution in [0, 0.1) is 11.8 Å². The average molecular weight is 271 g/mol. The summed E-state index contributed by atoms with van der Waals surface area (Å²) in [7, 11) is 0. The van der Waals surface area contributed by atoms with Crippen molar-refractivity contribution in [1.29, 1.82) is 0 Å². The highest BCUT2D eigenvalue weighted by molar-refractivity contribution is 6.23. The molecule has 3 aliphatic heterocycles. The van der Waals surface area contributed by atoms with Gasteiger partial charge in [-0.3, -0.25) is 9.59 Å². The van der Waals surface area contributed by atoms with Gasteiger partial charge in [0.1, 0.15) is 5.60 Å². The van der Waals surface area contributed by atoms with E-state index in [4.69, 9.17) is 4.74 Å². The van der Waals surface area contributed by atoms with E-state index >= 15 is 0 Å². The van der Waals surface area contributed by atoms with E-state index in [9.17, 15) is 14.7 Å². The average Bonchev–Trinajstić information content (AvgIpc) is 3.11. The summed E-state index contributed by atoms with van der Waals surface area (Å²) in [5.74, 6) is -1.65. The second kappa shape index (κ2) is 3.77. The van der Waals surface area contributed by atoms with Crippen molar-refractivity contribution in [1.82, 2.24) is 0 Å². The van der Waals surface area contributed by atoms with E-state index in [0.29, 0.717) is 5.69 Å². The summed E-state index contributed by atoms with van der Waals surface area (Å²) < 4.78 is 5.67. The van der Waals surface area contributed by atoms with E-state index in [2.05, 4.69) is 0 Å². The molecule has 0 saturated carbocycles. The standard InChI is InChI=1S/C15H13NO4/c17-8-15-7-6-10(20-15)11-12(15)14(19)16(13(11)18)9-4-2-1-3-5-9/h1-7,10-12,17H,8H2/t10-,11+,12-,15-/m0/s1. The minimum absolute atomic E-state index is 0.240. The molecule has 5 heteroatoms. The van der Waals surface area contributed by atoms with E-state index in [1.165, 1.54) is 4.90 Å². The summed E-state index contributed by atoms with van der Waals surface area (Å²) in [6.45, 7) is -0.289. The normalized spacial score (nSPS) is 37.9. The maximum absolute atomic E-state index is 12.6. The Balaban J connectivity index is 1.79. The summed E-state index contributed by atoms with van der Waals surface area (Å²) in [5, 5.41) is 9.59. The van der Waals surface area contributed by atoms with Crippen LogP contribution in [0.4, 0.5) is 5.69 Å². The van der Waals surface area contributed by atoms with E-state index in [1.54, 1.807) is 36.4 Å². The first kappa shape index (κ1) is 11.8. The number of aliphatic hydroxyl groups is 1. The topological polar surface area (TPSA) is 66.8 Å². The fraction of sp³-hybridized carbons (Fsp3) is 0.333. The third-order valence-corrected chi connectivity index (χ3v) is 4.42. The molecule has 20 heavy (non-hydrogen) atoms. The Hall–Kier alpha value is -1.98. The monoisotopic (exact) mass is 271 g/mol. The van der Waals surface area contributed by atoms with Crippen LogP contribution in [0.25, 0.3) is 0 Å². The predicted molar refractivity (Wildman–Crippen MR) is 69.7 cm³/mol. The van der Waals surface area contributed by atoms with Crippen LogP contribution < -0.4 is 4.90 Å². The Morgan fingerprint density at radius 1 is 1.20 bits per heavy atom. The zero-order valence-electron chi connectivity index (χ0n) is 10.6. The predicted octanol–water partition coefficient (Wildman–Crippen LogP) is 0.492. The molecule has 102 valence electrons. The summed E-state index contributed by atoms with van der Waals surface area (Å²) in [6, 6.07) is 8.88. The molecule has 2 fully saturated rings. The van der Waals surface area contributed by atoms with Crippen LogP contribution >= 0.6 is 0 Å². The van der Waals surface area contributed by atoms with Crippen LogP contribution in [0.15, 0.2) is 42.5 Å². The van der Waals surface area contributed by atoms with Gasteiger partial charge in [0.15, 0.2) is 0 Å². The molecule has 0 radical (unpaired) electrons. The maximum Gasteiger partial charge on any atom is 0.241 e. The number of hydrogen-bond acceptors (Lipinski definition) is 4. The molecule has 5 nitrogen and oxygen atoms in total. The highest BCUT2D eigenvalue weighted by atomic mass is 16.5. The molecular formula is C15H13NO4. The molecule has 0 aliphatic carbocycles. The number of ether oxygens (including phenoxy) is 1. The molecule has 0 spiro atoms. The van der Waals surface area contributed by atoms with Gasteiger partial charge in [-0.2, -0.15) is 0 Å². The lowest BCUT2D eigenvalue weighted by Crippen LogP contribution is -2.43. The van der Waals surface area contributed by atoms with Crippen molar-refractivity contribution in [2.45, 2.75) is 11.7 Å². The van der Waals surface area contributed by atoms with Crippen molar-refractivity contribution in [3.8, 4) is 0 Å². The molecule has 0 aromatic heterocycles. The largest absolute Gasteiger partial charge is 0.393 e. The molecule has 0 unspecified atom stereocenters. The molecule has 2 amide bonds. The first-order chi connectivity index (χ1) is 9.68. The van der Waals surface area contributed by atoms with E-state index < -0.39 is 23.5 Å². The highest BCUT2D eigenvalue weighted by Crippen LogP contribution is 2.52. The SMILES string of the molecule is O=C1[C@@H]2[C@@H]3C=C[C@@](CO)(O3)[C@@H]2C(=O)N1c1ccccc1. The number of fused-ring (bicyclic) bond motifs is 5. The van der Waals surface area contributed by atoms with Gasteiger partial charge in [0.25, 0.3) is 0 Å². The number of hydrogen-bond donors (Lipinski definition) is 1. The molecule has 3 aliphatic rings. The second-order valence-electron chi connectivity index (χ2n) is 5.41. The Morgan fingerprint density at radius 3 is 2.65 bits per heavy atom. The minimum Gasteiger partial charge on any atom is -0.393 e. The Kier molecular flexibility index (Phi) is 2.23. The number of anilines is 1. The maximum atomic E-state index is 12.6. The second-order valence-corrected chi connectivity index (χ2v) is 5.41. The van der Waals surface area contributed by atoms with Gasteiger partial charge >= 0.3 is 0 Å². The number of aliphatic hydroxyl groups excluding tert-OH is 1. The molecule has 4 atom stereocenters. The highest BCUT2D eigenvalue weighted by Gasteiger charge is 2.67. The lowest BCUT2D eigenvalue weighted by molar-refractivity contribution is -0.128. The van der Waals surface area contributed by atoms with Gasteiger partial charge in [0.05, 0.1) is 30.2 Å². The number of nitrogens with zero attached hydrogens (tertiary/aromatic N) is 1. The van der Waals surface area contributed by atoms with Crippen LogP contribution in [0.1, 0.15) is 0 Å². The Bertz CT molecular complexity index is 626. The third kappa shape index (κ3) is 1.24. The van der Waals surface area contributed by atoms with Gasteiger partial charge < -0.3 is 9.84 Å². The van der Waals surface area contributed by atoms with Gasteiger partial charge in [0.2, 0.25) is 11.8 Å². The Labute approximate surface area is 115 Å². The lowest BCUT2D eigenvalue weighted by Gasteiger charge is -2.26. The van der Waals surface area contributed by atoms with Crippen molar-refractivity contribution in [2.24, 2.45) is 11.8 Å². The van der Waals surface area contributed by atoms with Crippen molar-refractivity contribution in [3.63, 3.8) is 0 Å². The summed E-state index contributed by atoms with van der Waals surface area (Å²) in [5.41, 5.74) is -0.449. The van der Waals surface area contributed by atoms with E-state index in [1.807, 2.05) is 6.07 Å². The number of carbonyl (C=O) groups excluding carboxylic acids is 2. The summed E-state index contributed by atoms with van der Waals surface area (Å²) >= 11 is 0. The zero-order chi connectivity index (χ0) is 13.9. The van der Waals surface area contributed by atoms with E-state index in [0.717, 1.165) is 0 Å². The molecular weight excluding hydrogens is 258 g/mol. The number of rotatable bonds is 2. The molecule has 2 bridgehead atoms. The molecule has 2 saturated heterocycles. The first-order valence-electron chi connectivity index (χ1n) is 6.59. The third-order valence-electron chi connectivity index (χ3n) is 4.42. The lowest BCUT2D eigenvalue weighted by atomic mass is 9.77. The van der Waals surface area contributed by atoms with Crippen LogP contribution in [0.2, 0.25) is 0 Å². The van der Waals surface area contributed by atoms with Crippen molar-refractivity contribution < 1.29 is 19.4 Å². The smallest absolute Gasteiger partial charge is 0.241 e. The molecule has 1 aromatic carbocycles. The van der Waals surface area contributed by atoms with Crippen LogP contribution in [-0.2, 0) is 14.3 Å². The number of para-hydroxylation sites is 1. The molecule has 1 N–H and O–H groups in total. The molecule has 4 rings (SSSR count). The Morgan fingerprint density at radius 2 is 1.95 bits per heavy atom. The van der Waals surface area contributed by atoms with Gasteiger partial charge in [-0.25, -0.2) is 4.90 Å². The van der Waals surface area contributed by atoms with Gasteiger partial charge in [-0.05, 0) is 12.1 Å². The van der Waals surface area contributed by atoms with Crippen LogP contribution in [0.3, 0.4) is 0 Å². The summed E-state index contributed by atoms with van der Waals surface area (Å²) in [6.07, 6.45) is 3.09. The van der Waals surface area contributed by atoms with Crippen LogP contribution in [-0.4, -0.2) is 35.2 Å². The van der Waals surface area contributed by atoms with Crippen molar-refractivity contribution in [2.75, 3.05) is 11.5 Å². The van der Waals surface area contributed by atoms with Gasteiger partial charge in [0, 0.05) is 0 Å². The van der Waals surface area contributed by atoms with Crippen LogP contribution in [0.5, 0.6) is 0 Å². The fourth-order valence-corrected chi connectivity index (χ4v) is 3.52. The van der Waals surface area contributed by atoms with Crippen molar-refractivity contribution >= 4 is 17.5 Å². The summed E-state index contributed by atoms with van der Waals surface area (Å²) in [4.78, 5) is 26.4. The first-order valence-corrected chi connectivity index (χ1v) is 6.59. The number of benzene rings is 1. The zero-order valence-corrected chi connectivity index (χ0v) is 10.6. The van der Waals surface area contributed by atoms with Crippen molar-refractivity contribution in [3.05, 3.63) is 42.5 Å². The van der Waals surface area contributed by atoms with Gasteiger partial charge in [-0.1, -0.05) is 30.4 Å². The fourth-order valence-electron chi connectivity index (χ4n) is 3.52. The van der Waals surface area contributed by atoms with E-state index in [-0.39, 0.29) is 18.4 Å². The molecule has 1 aromatic rings. The van der Waals surface area contributed by atoms with Gasteiger partial charge in [-0.15, -0.1) is 0 Å². The number of amides is 2. The quantitative estimate of drug-likeness (QED) is 0.628. The number of imide groups is 1. The molecule has 3 heterocycles. The number of carbonyl (C=O) groups is 2.